The van der Waals surface area contributed by atoms with Crippen molar-refractivity contribution < 1.29 is 4.74 Å². The molecule has 1 atom stereocenters. The molecule has 6 rings (SSSR count). The lowest BCUT2D eigenvalue weighted by molar-refractivity contribution is 0.0339. The van der Waals surface area contributed by atoms with Crippen LogP contribution in [0.25, 0.3) is 22.1 Å². The maximum Gasteiger partial charge on any atom is 0.179 e. The minimum Gasteiger partial charge on any atom is -0.379 e. The van der Waals surface area contributed by atoms with Crippen LogP contribution in [-0.2, 0) is 11.3 Å². The minimum atomic E-state index is 0.175. The monoisotopic (exact) mass is 442 g/mol. The second kappa shape index (κ2) is 8.84. The number of benzene rings is 1. The third-order valence-electron chi connectivity index (χ3n) is 6.36. The van der Waals surface area contributed by atoms with Crippen LogP contribution in [0, 0.1) is 0 Å². The largest absolute Gasteiger partial charge is 0.379 e. The number of nitrogens with zero attached hydrogens (tertiary/aromatic N) is 8. The molecule has 0 N–H and O–H groups in total. The minimum absolute atomic E-state index is 0.175. The third-order valence-corrected chi connectivity index (χ3v) is 6.36. The number of hydrazone groups is 1. The Bertz CT molecular complexity index is 1300. The van der Waals surface area contributed by atoms with Crippen LogP contribution in [0.2, 0.25) is 0 Å². The molecule has 0 radical (unpaired) electrons. The quantitative estimate of drug-likeness (QED) is 0.452. The average Bonchev–Trinajstić information content (AvgIpc) is 3.50. The van der Waals surface area contributed by atoms with E-state index in [0.717, 1.165) is 79.3 Å². The van der Waals surface area contributed by atoms with E-state index >= 15 is 0 Å². The maximum absolute atomic E-state index is 5.43. The Hall–Kier alpha value is -3.43. The van der Waals surface area contributed by atoms with Crippen LogP contribution in [0.5, 0.6) is 0 Å². The predicted molar refractivity (Wildman–Crippen MR) is 126 cm³/mol. The molecule has 168 valence electrons. The van der Waals surface area contributed by atoms with Gasteiger partial charge in [-0.15, -0.1) is 5.10 Å². The standard InChI is InChI=1S/C24H26N8O/c1-2-19-14-18(3-4-21(19)25-7-1)16-32-24-23(28-29-32)6-5-22(27-24)20-15-26-31(17-20)9-8-30-10-12-33-13-11-30/h1-7,14-15,20H,8-13,16-17H2. The topological polar surface area (TPSA) is 84.6 Å². The molecule has 9 heteroatoms. The lowest BCUT2D eigenvalue weighted by atomic mass is 10.1. The molecule has 2 aliphatic heterocycles. The number of hydrogen-bond acceptors (Lipinski definition) is 8. The predicted octanol–water partition coefficient (Wildman–Crippen LogP) is 2.14. The first-order valence-electron chi connectivity index (χ1n) is 11.4. The van der Waals surface area contributed by atoms with Gasteiger partial charge in [0.15, 0.2) is 5.65 Å². The highest BCUT2D eigenvalue weighted by molar-refractivity contribution is 5.79. The lowest BCUT2D eigenvalue weighted by Gasteiger charge is -2.28. The van der Waals surface area contributed by atoms with E-state index in [4.69, 9.17) is 9.72 Å². The Morgan fingerprint density at radius 3 is 2.85 bits per heavy atom. The number of pyridine rings is 2. The Balaban J connectivity index is 1.16. The molecular weight excluding hydrogens is 416 g/mol. The van der Waals surface area contributed by atoms with E-state index in [2.05, 4.69) is 48.5 Å². The van der Waals surface area contributed by atoms with Crippen LogP contribution in [0.4, 0.5) is 0 Å². The van der Waals surface area contributed by atoms with Crippen molar-refractivity contribution in [2.45, 2.75) is 12.5 Å². The lowest BCUT2D eigenvalue weighted by Crippen LogP contribution is -2.40. The molecule has 1 aromatic carbocycles. The molecule has 5 heterocycles. The van der Waals surface area contributed by atoms with Crippen molar-refractivity contribution in [3.8, 4) is 0 Å². The number of morpholine rings is 1. The summed E-state index contributed by atoms with van der Waals surface area (Å²) in [4.78, 5) is 11.8. The van der Waals surface area contributed by atoms with E-state index in [1.54, 1.807) is 0 Å². The first-order chi connectivity index (χ1) is 16.3. The number of aromatic nitrogens is 5. The van der Waals surface area contributed by atoms with Gasteiger partial charge in [-0.1, -0.05) is 17.3 Å². The Kier molecular flexibility index (Phi) is 5.41. The molecule has 1 unspecified atom stereocenters. The van der Waals surface area contributed by atoms with Crippen molar-refractivity contribution in [3.05, 3.63) is 59.9 Å². The molecular formula is C24H26N8O. The van der Waals surface area contributed by atoms with Gasteiger partial charge in [-0.05, 0) is 35.9 Å². The summed E-state index contributed by atoms with van der Waals surface area (Å²) in [6.45, 7) is 7.06. The zero-order valence-electron chi connectivity index (χ0n) is 18.4. The summed E-state index contributed by atoms with van der Waals surface area (Å²) in [6.07, 6.45) is 3.83. The molecule has 0 spiro atoms. The first kappa shape index (κ1) is 20.2. The molecule has 1 saturated heterocycles. The highest BCUT2D eigenvalue weighted by Crippen LogP contribution is 2.22. The first-order valence-corrected chi connectivity index (χ1v) is 11.4. The van der Waals surface area contributed by atoms with Crippen LogP contribution in [0.3, 0.4) is 0 Å². The van der Waals surface area contributed by atoms with Crippen LogP contribution in [-0.4, -0.2) is 87.0 Å². The van der Waals surface area contributed by atoms with Gasteiger partial charge in [-0.25, -0.2) is 9.67 Å². The van der Waals surface area contributed by atoms with E-state index in [9.17, 15) is 0 Å². The van der Waals surface area contributed by atoms with E-state index in [0.29, 0.717) is 6.54 Å². The molecule has 1 fully saturated rings. The summed E-state index contributed by atoms with van der Waals surface area (Å²) in [5.41, 5.74) is 4.75. The summed E-state index contributed by atoms with van der Waals surface area (Å²) in [7, 11) is 0. The molecule has 3 aromatic heterocycles. The summed E-state index contributed by atoms with van der Waals surface area (Å²) >= 11 is 0. The summed E-state index contributed by atoms with van der Waals surface area (Å²) in [5, 5.41) is 16.6. The van der Waals surface area contributed by atoms with Crippen molar-refractivity contribution >= 4 is 28.3 Å². The van der Waals surface area contributed by atoms with Gasteiger partial charge in [0.2, 0.25) is 0 Å². The van der Waals surface area contributed by atoms with Gasteiger partial charge < -0.3 is 4.74 Å². The fourth-order valence-electron chi connectivity index (χ4n) is 4.47. The SMILES string of the molecule is C1=NN(CCN2CCOCC2)CC1c1ccc2nnn(Cc3ccc4ncccc4c3)c2n1. The molecule has 0 amide bonds. The molecule has 0 aliphatic carbocycles. The van der Waals surface area contributed by atoms with Crippen molar-refractivity contribution in [1.82, 2.24) is 34.9 Å². The van der Waals surface area contributed by atoms with Gasteiger partial charge in [-0.2, -0.15) is 5.10 Å². The van der Waals surface area contributed by atoms with Gasteiger partial charge in [0, 0.05) is 50.5 Å². The van der Waals surface area contributed by atoms with Gasteiger partial charge in [-0.3, -0.25) is 14.9 Å². The zero-order valence-corrected chi connectivity index (χ0v) is 18.4. The molecule has 9 nitrogen and oxygen atoms in total. The molecule has 4 aromatic rings. The number of rotatable bonds is 6. The molecule has 0 bridgehead atoms. The van der Waals surface area contributed by atoms with Crippen molar-refractivity contribution in [3.63, 3.8) is 0 Å². The van der Waals surface area contributed by atoms with Crippen LogP contribution in [0.1, 0.15) is 17.2 Å². The van der Waals surface area contributed by atoms with Crippen LogP contribution < -0.4 is 0 Å². The van der Waals surface area contributed by atoms with E-state index in [-0.39, 0.29) is 5.92 Å². The summed E-state index contributed by atoms with van der Waals surface area (Å²) in [6, 6.07) is 14.4. The Morgan fingerprint density at radius 2 is 1.91 bits per heavy atom. The summed E-state index contributed by atoms with van der Waals surface area (Å²) < 4.78 is 7.31. The second-order valence-electron chi connectivity index (χ2n) is 8.59. The number of fused-ring (bicyclic) bond motifs is 2. The van der Waals surface area contributed by atoms with Gasteiger partial charge >= 0.3 is 0 Å². The number of hydrogen-bond donors (Lipinski definition) is 0. The summed E-state index contributed by atoms with van der Waals surface area (Å²) in [5.74, 6) is 0.175. The van der Waals surface area contributed by atoms with E-state index in [1.165, 1.54) is 0 Å². The highest BCUT2D eigenvalue weighted by Gasteiger charge is 2.22. The fraction of sp³-hybridized carbons (Fsp3) is 0.375. The molecule has 0 saturated carbocycles. The fourth-order valence-corrected chi connectivity index (χ4v) is 4.47. The van der Waals surface area contributed by atoms with Crippen molar-refractivity contribution in [1.29, 1.82) is 0 Å². The van der Waals surface area contributed by atoms with Crippen molar-refractivity contribution in [2.24, 2.45) is 5.10 Å². The molecule has 33 heavy (non-hydrogen) atoms. The highest BCUT2D eigenvalue weighted by atomic mass is 16.5. The normalized spacial score (nSPS) is 19.2. The van der Waals surface area contributed by atoms with Crippen LogP contribution >= 0.6 is 0 Å². The third kappa shape index (κ3) is 4.29. The van der Waals surface area contributed by atoms with E-state index < -0.39 is 0 Å². The second-order valence-corrected chi connectivity index (χ2v) is 8.59. The Labute approximate surface area is 191 Å². The zero-order chi connectivity index (χ0) is 22.0. The van der Waals surface area contributed by atoms with Crippen molar-refractivity contribution in [2.75, 3.05) is 45.9 Å². The van der Waals surface area contributed by atoms with Crippen LogP contribution in [0.15, 0.2) is 53.8 Å². The average molecular weight is 443 g/mol. The van der Waals surface area contributed by atoms with Gasteiger partial charge in [0.25, 0.3) is 0 Å². The maximum atomic E-state index is 5.43. The van der Waals surface area contributed by atoms with Gasteiger partial charge in [0.05, 0.1) is 36.9 Å². The molecule has 2 aliphatic rings. The Morgan fingerprint density at radius 1 is 1.00 bits per heavy atom. The van der Waals surface area contributed by atoms with E-state index in [1.807, 2.05) is 41.4 Å². The van der Waals surface area contributed by atoms with Gasteiger partial charge in [0.1, 0.15) is 5.52 Å². The smallest absolute Gasteiger partial charge is 0.179 e. The number of ether oxygens (including phenoxy) is 1.